The van der Waals surface area contributed by atoms with E-state index in [-0.39, 0.29) is 41.6 Å². The number of methoxy groups -OCH3 is 3. The van der Waals surface area contributed by atoms with Crippen molar-refractivity contribution in [3.05, 3.63) is 45.5 Å². The monoisotopic (exact) mass is 447 g/mol. The first-order valence-corrected chi connectivity index (χ1v) is 9.89. The summed E-state index contributed by atoms with van der Waals surface area (Å²) < 4.78 is 26.3. The molecule has 2 atom stereocenters. The van der Waals surface area contributed by atoms with Gasteiger partial charge in [-0.05, 0) is 13.0 Å². The number of cyclic esters (lactones) is 1. The SMILES string of the molecule is COc1ccc([C@@H](CC(=O)N[C@H]2CCOC2=O)c2c(O)cc(C)oc2=O)c(OC)c1OC. The molecule has 1 amide bonds. The number of benzene rings is 1. The first-order valence-electron chi connectivity index (χ1n) is 9.89. The maximum atomic E-state index is 12.8. The van der Waals surface area contributed by atoms with E-state index in [0.29, 0.717) is 17.7 Å². The Morgan fingerprint density at radius 2 is 1.91 bits per heavy atom. The number of carbonyl (C=O) groups excluding carboxylic acids is 2. The highest BCUT2D eigenvalue weighted by Gasteiger charge is 2.33. The Hall–Kier alpha value is -3.69. The second-order valence-corrected chi connectivity index (χ2v) is 7.20. The minimum Gasteiger partial charge on any atom is -0.507 e. The van der Waals surface area contributed by atoms with E-state index >= 15 is 0 Å². The highest BCUT2D eigenvalue weighted by atomic mass is 16.5. The molecule has 0 spiro atoms. The number of aromatic hydroxyl groups is 1. The summed E-state index contributed by atoms with van der Waals surface area (Å²) in [5, 5.41) is 13.2. The number of amides is 1. The summed E-state index contributed by atoms with van der Waals surface area (Å²) in [6, 6.07) is 3.74. The van der Waals surface area contributed by atoms with Crippen molar-refractivity contribution >= 4 is 11.9 Å². The first-order chi connectivity index (χ1) is 15.3. The average Bonchev–Trinajstić information content (AvgIpc) is 3.15. The number of ether oxygens (including phenoxy) is 4. The molecule has 2 aromatic rings. The van der Waals surface area contributed by atoms with Crippen molar-refractivity contribution in [3.8, 4) is 23.0 Å². The van der Waals surface area contributed by atoms with Crippen molar-refractivity contribution in [2.75, 3.05) is 27.9 Å². The maximum Gasteiger partial charge on any atom is 0.343 e. The van der Waals surface area contributed by atoms with E-state index in [1.54, 1.807) is 12.1 Å². The molecular weight excluding hydrogens is 422 g/mol. The molecule has 1 saturated heterocycles. The zero-order valence-electron chi connectivity index (χ0n) is 18.2. The van der Waals surface area contributed by atoms with Gasteiger partial charge < -0.3 is 33.8 Å². The zero-order chi connectivity index (χ0) is 23.4. The van der Waals surface area contributed by atoms with Crippen LogP contribution in [-0.4, -0.2) is 51.0 Å². The van der Waals surface area contributed by atoms with Crippen LogP contribution in [0.1, 0.15) is 35.6 Å². The number of hydrogen-bond acceptors (Lipinski definition) is 9. The Morgan fingerprint density at radius 3 is 2.47 bits per heavy atom. The predicted octanol–water partition coefficient (Wildman–Crippen LogP) is 1.63. The fraction of sp³-hybridized carbons (Fsp3) is 0.409. The van der Waals surface area contributed by atoms with Gasteiger partial charge in [0.1, 0.15) is 17.6 Å². The number of aryl methyl sites for hydroxylation is 1. The molecule has 2 heterocycles. The molecule has 0 saturated carbocycles. The molecule has 1 aromatic carbocycles. The summed E-state index contributed by atoms with van der Waals surface area (Å²) in [6.45, 7) is 1.74. The standard InChI is InChI=1S/C22H25NO9/c1-11-9-15(24)18(22(27)32-11)13(10-17(25)23-14-7-8-31-21(14)26)12-5-6-16(28-2)20(30-4)19(12)29-3/h5-6,9,13-14,24H,7-8,10H2,1-4H3,(H,23,25)/t13-,14+/m1/s1. The lowest BCUT2D eigenvalue weighted by molar-refractivity contribution is -0.141. The number of hydrogen-bond donors (Lipinski definition) is 2. The van der Waals surface area contributed by atoms with E-state index < -0.39 is 29.5 Å². The van der Waals surface area contributed by atoms with Crippen LogP contribution < -0.4 is 25.2 Å². The second-order valence-electron chi connectivity index (χ2n) is 7.20. The minimum absolute atomic E-state index is 0.120. The predicted molar refractivity (Wildman–Crippen MR) is 111 cm³/mol. The molecule has 10 heteroatoms. The fourth-order valence-electron chi connectivity index (χ4n) is 3.76. The zero-order valence-corrected chi connectivity index (χ0v) is 18.2. The summed E-state index contributed by atoms with van der Waals surface area (Å²) in [4.78, 5) is 37.3. The van der Waals surface area contributed by atoms with Crippen molar-refractivity contribution in [2.24, 2.45) is 0 Å². The molecule has 2 N–H and O–H groups in total. The molecule has 172 valence electrons. The normalized spacial score (nSPS) is 16.2. The number of rotatable bonds is 8. The van der Waals surface area contributed by atoms with Crippen LogP contribution in [0.25, 0.3) is 0 Å². The van der Waals surface area contributed by atoms with Crippen molar-refractivity contribution in [2.45, 2.75) is 31.7 Å². The summed E-state index contributed by atoms with van der Waals surface area (Å²) >= 11 is 0. The van der Waals surface area contributed by atoms with E-state index in [2.05, 4.69) is 5.32 Å². The molecule has 1 aliphatic rings. The summed E-state index contributed by atoms with van der Waals surface area (Å²) in [7, 11) is 4.29. The Balaban J connectivity index is 2.11. The van der Waals surface area contributed by atoms with Gasteiger partial charge >= 0.3 is 11.6 Å². The third kappa shape index (κ3) is 4.48. The highest BCUT2D eigenvalue weighted by Crippen LogP contribution is 2.45. The van der Waals surface area contributed by atoms with Gasteiger partial charge in [-0.1, -0.05) is 6.07 Å². The van der Waals surface area contributed by atoms with Gasteiger partial charge in [0.15, 0.2) is 11.5 Å². The van der Waals surface area contributed by atoms with Crippen LogP contribution >= 0.6 is 0 Å². The number of esters is 1. The first kappa shape index (κ1) is 23.0. The topological polar surface area (TPSA) is 134 Å². The molecule has 0 unspecified atom stereocenters. The van der Waals surface area contributed by atoms with E-state index in [0.717, 1.165) is 0 Å². The number of nitrogens with one attached hydrogen (secondary N) is 1. The molecule has 10 nitrogen and oxygen atoms in total. The number of carbonyl (C=O) groups is 2. The molecule has 3 rings (SSSR count). The van der Waals surface area contributed by atoms with Gasteiger partial charge in [-0.3, -0.25) is 4.79 Å². The van der Waals surface area contributed by atoms with Gasteiger partial charge in [-0.25, -0.2) is 9.59 Å². The summed E-state index contributed by atoms with van der Waals surface area (Å²) in [5.41, 5.74) is -0.525. The van der Waals surface area contributed by atoms with Crippen molar-refractivity contribution in [3.63, 3.8) is 0 Å². The van der Waals surface area contributed by atoms with Crippen molar-refractivity contribution in [1.82, 2.24) is 5.32 Å². The lowest BCUT2D eigenvalue weighted by atomic mass is 9.87. The Bertz CT molecular complexity index is 1080. The lowest BCUT2D eigenvalue weighted by Gasteiger charge is -2.23. The van der Waals surface area contributed by atoms with Gasteiger partial charge in [-0.15, -0.1) is 0 Å². The Morgan fingerprint density at radius 1 is 1.19 bits per heavy atom. The Labute approximate surface area is 184 Å². The molecule has 32 heavy (non-hydrogen) atoms. The van der Waals surface area contributed by atoms with Gasteiger partial charge in [0.2, 0.25) is 11.7 Å². The van der Waals surface area contributed by atoms with Gasteiger partial charge in [0.25, 0.3) is 0 Å². The molecule has 0 bridgehead atoms. The molecule has 1 aromatic heterocycles. The van der Waals surface area contributed by atoms with E-state index in [4.69, 9.17) is 23.4 Å². The largest absolute Gasteiger partial charge is 0.507 e. The van der Waals surface area contributed by atoms with E-state index in [1.165, 1.54) is 34.3 Å². The highest BCUT2D eigenvalue weighted by molar-refractivity contribution is 5.86. The van der Waals surface area contributed by atoms with Gasteiger partial charge in [0, 0.05) is 30.4 Å². The van der Waals surface area contributed by atoms with Crippen LogP contribution in [0.15, 0.2) is 27.4 Å². The molecule has 0 radical (unpaired) electrons. The molecular formula is C22H25NO9. The minimum atomic E-state index is -0.973. The van der Waals surface area contributed by atoms with Crippen molar-refractivity contribution in [1.29, 1.82) is 0 Å². The third-order valence-electron chi connectivity index (χ3n) is 5.21. The van der Waals surface area contributed by atoms with E-state index in [9.17, 15) is 19.5 Å². The Kier molecular flexibility index (Phi) is 6.92. The quantitative estimate of drug-likeness (QED) is 0.579. The van der Waals surface area contributed by atoms with Crippen LogP contribution in [0.3, 0.4) is 0 Å². The smallest absolute Gasteiger partial charge is 0.343 e. The van der Waals surface area contributed by atoms with Crippen LogP contribution in [0.4, 0.5) is 0 Å². The summed E-state index contributed by atoms with van der Waals surface area (Å²) in [5.74, 6) is -1.26. The lowest BCUT2D eigenvalue weighted by Crippen LogP contribution is -2.38. The van der Waals surface area contributed by atoms with Crippen LogP contribution in [-0.2, 0) is 14.3 Å². The molecule has 1 fully saturated rings. The van der Waals surface area contributed by atoms with Crippen molar-refractivity contribution < 1.29 is 38.1 Å². The second kappa shape index (κ2) is 9.63. The fourth-order valence-corrected chi connectivity index (χ4v) is 3.76. The van der Waals surface area contributed by atoms with Gasteiger partial charge in [0.05, 0.1) is 33.5 Å². The van der Waals surface area contributed by atoms with Crippen LogP contribution in [0.2, 0.25) is 0 Å². The maximum absolute atomic E-state index is 12.8. The third-order valence-corrected chi connectivity index (χ3v) is 5.21. The molecule has 1 aliphatic heterocycles. The average molecular weight is 447 g/mol. The summed E-state index contributed by atoms with van der Waals surface area (Å²) in [6.07, 6.45) is 0.0733. The van der Waals surface area contributed by atoms with E-state index in [1.807, 2.05) is 0 Å². The van der Waals surface area contributed by atoms with Crippen LogP contribution in [0.5, 0.6) is 23.0 Å². The van der Waals surface area contributed by atoms with Gasteiger partial charge in [-0.2, -0.15) is 0 Å². The van der Waals surface area contributed by atoms with Crippen LogP contribution in [0, 0.1) is 6.92 Å². The molecule has 0 aliphatic carbocycles.